The van der Waals surface area contributed by atoms with Gasteiger partial charge in [0.05, 0.1) is 24.5 Å². The van der Waals surface area contributed by atoms with Crippen molar-refractivity contribution in [2.45, 2.75) is 55.6 Å². The third kappa shape index (κ3) is 7.34. The number of fused-ring (bicyclic) bond motifs is 1. The molecule has 1 aromatic heterocycles. The van der Waals surface area contributed by atoms with Gasteiger partial charge in [-0.1, -0.05) is 43.3 Å². The van der Waals surface area contributed by atoms with Crippen molar-refractivity contribution in [3.8, 4) is 5.75 Å². The first-order chi connectivity index (χ1) is 21.4. The average Bonchev–Trinajstić information content (AvgIpc) is 3.41. The summed E-state index contributed by atoms with van der Waals surface area (Å²) in [7, 11) is 1.58. The number of carbonyl (C=O) groups excluding carboxylic acids is 3. The molecular weight excluding hydrogens is 593 g/mol. The smallest absolute Gasteiger partial charge is 0.341 e. The first-order valence-electron chi connectivity index (χ1n) is 14.8. The van der Waals surface area contributed by atoms with Gasteiger partial charge in [0.1, 0.15) is 10.8 Å². The van der Waals surface area contributed by atoms with Gasteiger partial charge >= 0.3 is 5.97 Å². The van der Waals surface area contributed by atoms with Crippen molar-refractivity contribution in [2.75, 3.05) is 24.4 Å². The van der Waals surface area contributed by atoms with Crippen LogP contribution >= 0.6 is 23.1 Å². The lowest BCUT2D eigenvalue weighted by Crippen LogP contribution is -2.25. The number of anilines is 2. The molecule has 2 unspecified atom stereocenters. The SMILES string of the molecule is CCOC(=O)c1c(NC(=O)C(CC)Sc2cccc(NC(=O)c3ccc(OC)cc3)c2)sc2c1CCC(c1ccccc1)C2. The highest BCUT2D eigenvalue weighted by Crippen LogP contribution is 2.43. The number of nitrogens with one attached hydrogen (secondary N) is 2. The van der Waals surface area contributed by atoms with Crippen LogP contribution in [-0.4, -0.2) is 36.8 Å². The molecule has 5 rings (SSSR count). The fourth-order valence-corrected chi connectivity index (χ4v) is 7.71. The molecule has 2 N–H and O–H groups in total. The van der Waals surface area contributed by atoms with Crippen molar-refractivity contribution in [3.63, 3.8) is 0 Å². The van der Waals surface area contributed by atoms with Gasteiger partial charge in [-0.05, 0) is 92.1 Å². The van der Waals surface area contributed by atoms with Gasteiger partial charge in [0.15, 0.2) is 0 Å². The van der Waals surface area contributed by atoms with Crippen LogP contribution in [-0.2, 0) is 22.4 Å². The third-order valence-electron chi connectivity index (χ3n) is 7.64. The van der Waals surface area contributed by atoms with Gasteiger partial charge in [-0.2, -0.15) is 0 Å². The number of ether oxygens (including phenoxy) is 2. The van der Waals surface area contributed by atoms with E-state index in [4.69, 9.17) is 9.47 Å². The Kier molecular flexibility index (Phi) is 10.4. The maximum atomic E-state index is 13.6. The standard InChI is InChI=1S/C35H36N2O5S2/c1-4-29(43-27-13-9-12-25(21-27)36-32(38)23-14-17-26(41-3)18-15-23)33(39)37-34-31(35(40)42-5-2)28-19-16-24(20-30(28)44-34)22-10-7-6-8-11-22/h6-15,17-18,21,24,29H,4-5,16,19-20H2,1-3H3,(H,36,38)(H,37,39). The number of benzene rings is 3. The molecule has 44 heavy (non-hydrogen) atoms. The Hall–Kier alpha value is -4.08. The number of hydrogen-bond donors (Lipinski definition) is 2. The molecule has 0 radical (unpaired) electrons. The Bertz CT molecular complexity index is 1620. The molecule has 0 fully saturated rings. The highest BCUT2D eigenvalue weighted by molar-refractivity contribution is 8.00. The van der Waals surface area contributed by atoms with Crippen LogP contribution in [0.2, 0.25) is 0 Å². The summed E-state index contributed by atoms with van der Waals surface area (Å²) in [6.07, 6.45) is 3.10. The molecule has 1 aliphatic rings. The molecule has 0 spiro atoms. The highest BCUT2D eigenvalue weighted by Gasteiger charge is 2.32. The predicted octanol–water partition coefficient (Wildman–Crippen LogP) is 7.97. The minimum Gasteiger partial charge on any atom is -0.497 e. The number of thioether (sulfide) groups is 1. The summed E-state index contributed by atoms with van der Waals surface area (Å²) in [4.78, 5) is 41.5. The summed E-state index contributed by atoms with van der Waals surface area (Å²) in [5, 5.41) is 6.17. The number of esters is 1. The second-order valence-electron chi connectivity index (χ2n) is 10.5. The Labute approximate surface area is 266 Å². The average molecular weight is 629 g/mol. The van der Waals surface area contributed by atoms with E-state index < -0.39 is 5.25 Å². The van der Waals surface area contributed by atoms with E-state index in [1.54, 1.807) is 38.3 Å². The molecule has 0 bridgehead atoms. The number of hydrogen-bond acceptors (Lipinski definition) is 7. The summed E-state index contributed by atoms with van der Waals surface area (Å²) in [6.45, 7) is 4.02. The molecule has 0 saturated heterocycles. The Morgan fingerprint density at radius 3 is 2.45 bits per heavy atom. The van der Waals surface area contributed by atoms with Crippen LogP contribution in [0.25, 0.3) is 0 Å². The van der Waals surface area contributed by atoms with Crippen molar-refractivity contribution < 1.29 is 23.9 Å². The summed E-state index contributed by atoms with van der Waals surface area (Å²) in [5.74, 6) is 0.255. The van der Waals surface area contributed by atoms with E-state index in [0.29, 0.717) is 39.9 Å². The normalized spacial score (nSPS) is 14.7. The van der Waals surface area contributed by atoms with Crippen molar-refractivity contribution >= 4 is 51.6 Å². The van der Waals surface area contributed by atoms with Crippen molar-refractivity contribution in [3.05, 3.63) is 106 Å². The van der Waals surface area contributed by atoms with E-state index >= 15 is 0 Å². The Balaban J connectivity index is 1.30. The number of thiophene rings is 1. The van der Waals surface area contributed by atoms with Crippen molar-refractivity contribution in [1.29, 1.82) is 0 Å². The molecule has 0 aliphatic heterocycles. The summed E-state index contributed by atoms with van der Waals surface area (Å²) in [5.41, 5.74) is 3.93. The van der Waals surface area contributed by atoms with E-state index in [1.807, 2.05) is 37.3 Å². The summed E-state index contributed by atoms with van der Waals surface area (Å²) >= 11 is 2.91. The zero-order valence-corrected chi connectivity index (χ0v) is 26.7. The van der Waals surface area contributed by atoms with E-state index in [-0.39, 0.29) is 24.4 Å². The van der Waals surface area contributed by atoms with Crippen molar-refractivity contribution in [1.82, 2.24) is 0 Å². The number of carbonyl (C=O) groups is 3. The summed E-state index contributed by atoms with van der Waals surface area (Å²) < 4.78 is 10.6. The topological polar surface area (TPSA) is 93.7 Å². The predicted molar refractivity (Wildman–Crippen MR) is 177 cm³/mol. The molecule has 7 nitrogen and oxygen atoms in total. The fourth-order valence-electron chi connectivity index (χ4n) is 5.37. The van der Waals surface area contributed by atoms with Gasteiger partial charge in [-0.25, -0.2) is 4.79 Å². The lowest BCUT2D eigenvalue weighted by molar-refractivity contribution is -0.115. The van der Waals surface area contributed by atoms with Crippen LogP contribution in [0.5, 0.6) is 5.75 Å². The number of methoxy groups -OCH3 is 1. The van der Waals surface area contributed by atoms with Gasteiger partial charge < -0.3 is 20.1 Å². The van der Waals surface area contributed by atoms with Crippen LogP contribution in [0.1, 0.15) is 69.3 Å². The second kappa shape index (κ2) is 14.6. The maximum Gasteiger partial charge on any atom is 0.341 e. The molecule has 2 amide bonds. The van der Waals surface area contributed by atoms with Gasteiger partial charge in [-0.3, -0.25) is 9.59 Å². The van der Waals surface area contributed by atoms with Gasteiger partial charge in [-0.15, -0.1) is 23.1 Å². The molecule has 228 valence electrons. The second-order valence-corrected chi connectivity index (χ2v) is 12.9. The quantitative estimate of drug-likeness (QED) is 0.129. The zero-order valence-electron chi connectivity index (χ0n) is 25.1. The van der Waals surface area contributed by atoms with Gasteiger partial charge in [0, 0.05) is 21.0 Å². The van der Waals surface area contributed by atoms with Crippen LogP contribution < -0.4 is 15.4 Å². The molecular formula is C35H36N2O5S2. The van der Waals surface area contributed by atoms with Crippen molar-refractivity contribution in [2.24, 2.45) is 0 Å². The fraction of sp³-hybridized carbons (Fsp3) is 0.286. The Morgan fingerprint density at radius 1 is 0.977 bits per heavy atom. The molecule has 1 aliphatic carbocycles. The molecule has 2 atom stereocenters. The van der Waals surface area contributed by atoms with E-state index in [1.165, 1.54) is 28.7 Å². The van der Waals surface area contributed by atoms with Crippen LogP contribution in [0.4, 0.5) is 10.7 Å². The first-order valence-corrected chi connectivity index (χ1v) is 16.5. The van der Waals surface area contributed by atoms with Crippen LogP contribution in [0.3, 0.4) is 0 Å². The largest absolute Gasteiger partial charge is 0.497 e. The minimum atomic E-state index is -0.409. The maximum absolute atomic E-state index is 13.6. The Morgan fingerprint density at radius 2 is 1.75 bits per heavy atom. The highest BCUT2D eigenvalue weighted by atomic mass is 32.2. The number of rotatable bonds is 11. The summed E-state index contributed by atoms with van der Waals surface area (Å²) in [6, 6.07) is 24.8. The minimum absolute atomic E-state index is 0.172. The third-order valence-corrected chi connectivity index (χ3v) is 10.2. The molecule has 3 aromatic carbocycles. The number of amides is 2. The monoisotopic (exact) mass is 628 g/mol. The van der Waals surface area contributed by atoms with E-state index in [9.17, 15) is 14.4 Å². The van der Waals surface area contributed by atoms with Crippen LogP contribution in [0, 0.1) is 0 Å². The van der Waals surface area contributed by atoms with Gasteiger partial charge in [0.25, 0.3) is 5.91 Å². The molecule has 0 saturated carbocycles. The zero-order chi connectivity index (χ0) is 31.1. The molecule has 9 heteroatoms. The van der Waals surface area contributed by atoms with E-state index in [2.05, 4.69) is 34.9 Å². The van der Waals surface area contributed by atoms with Crippen LogP contribution in [0.15, 0.2) is 83.8 Å². The first kappa shape index (κ1) is 31.3. The molecule has 1 heterocycles. The molecule has 4 aromatic rings. The lowest BCUT2D eigenvalue weighted by Gasteiger charge is -2.23. The lowest BCUT2D eigenvalue weighted by atomic mass is 9.83. The van der Waals surface area contributed by atoms with Gasteiger partial charge in [0.2, 0.25) is 5.91 Å². The van der Waals surface area contributed by atoms with E-state index in [0.717, 1.165) is 34.6 Å².